The number of nitrogens with zero attached hydrogens (tertiary/aromatic N) is 2. The van der Waals surface area contributed by atoms with Crippen molar-refractivity contribution in [1.82, 2.24) is 4.98 Å². The number of ether oxygens (including phenoxy) is 2. The average molecular weight is 360 g/mol. The van der Waals surface area contributed by atoms with Gasteiger partial charge in [-0.3, -0.25) is 9.69 Å². The molecule has 2 rings (SSSR count). The van der Waals surface area contributed by atoms with Gasteiger partial charge in [0.15, 0.2) is 5.13 Å². The van der Waals surface area contributed by atoms with E-state index in [-0.39, 0.29) is 12.5 Å². The summed E-state index contributed by atoms with van der Waals surface area (Å²) in [7, 11) is 1.59. The maximum atomic E-state index is 11.8. The molecule has 7 heteroatoms. The topological polar surface area (TPSA) is 68.7 Å². The molecule has 2 aromatic rings. The Morgan fingerprint density at radius 1 is 1.36 bits per heavy atom. The molecule has 1 amide bonds. The molecule has 1 aromatic heterocycles. The van der Waals surface area contributed by atoms with E-state index in [1.165, 1.54) is 24.3 Å². The van der Waals surface area contributed by atoms with Crippen molar-refractivity contribution < 1.29 is 19.1 Å². The number of carbonyl (C=O) groups excluding carboxylic acids is 2. The lowest BCUT2D eigenvalue weighted by Crippen LogP contribution is -2.27. The van der Waals surface area contributed by atoms with Crippen LogP contribution in [0, 0.1) is 0 Å². The lowest BCUT2D eigenvalue weighted by Gasteiger charge is -2.14. The van der Waals surface area contributed by atoms with Gasteiger partial charge in [-0.1, -0.05) is 12.1 Å². The summed E-state index contributed by atoms with van der Waals surface area (Å²) in [5.41, 5.74) is 1.45. The molecule has 132 valence electrons. The van der Waals surface area contributed by atoms with Gasteiger partial charge in [0.25, 0.3) is 0 Å². The first-order valence-electron chi connectivity index (χ1n) is 7.75. The Morgan fingerprint density at radius 2 is 2.16 bits per heavy atom. The molecule has 1 aromatic carbocycles. The summed E-state index contributed by atoms with van der Waals surface area (Å²) >= 11 is 1.35. The summed E-state index contributed by atoms with van der Waals surface area (Å²) in [6, 6.07) is 7.35. The van der Waals surface area contributed by atoms with Gasteiger partial charge in [-0.2, -0.15) is 0 Å². The molecule has 0 radical (unpaired) electrons. The van der Waals surface area contributed by atoms with Crippen LogP contribution in [0.4, 0.5) is 5.13 Å². The van der Waals surface area contributed by atoms with Crippen LogP contribution < -0.4 is 9.64 Å². The van der Waals surface area contributed by atoms with Crippen LogP contribution >= 0.6 is 11.3 Å². The van der Waals surface area contributed by atoms with Gasteiger partial charge in [-0.05, 0) is 30.7 Å². The average Bonchev–Trinajstić information content (AvgIpc) is 3.07. The molecule has 0 aliphatic carbocycles. The van der Waals surface area contributed by atoms with Gasteiger partial charge in [0.1, 0.15) is 12.4 Å². The van der Waals surface area contributed by atoms with Gasteiger partial charge < -0.3 is 9.47 Å². The van der Waals surface area contributed by atoms with Crippen molar-refractivity contribution >= 4 is 34.4 Å². The Bertz CT molecular complexity index is 770. The molecule has 25 heavy (non-hydrogen) atoms. The summed E-state index contributed by atoms with van der Waals surface area (Å²) in [6.45, 7) is 3.98. The second-order valence-corrected chi connectivity index (χ2v) is 5.94. The van der Waals surface area contributed by atoms with Crippen molar-refractivity contribution in [2.24, 2.45) is 0 Å². The molecule has 1 heterocycles. The first kappa shape index (κ1) is 18.7. The fourth-order valence-corrected chi connectivity index (χ4v) is 3.00. The van der Waals surface area contributed by atoms with Crippen LogP contribution in [0.1, 0.15) is 25.1 Å². The SMILES string of the molecule is CCN(C(C)=O)c1nc(COC(=O)/C=C/c2cccc(OC)c2)cs1. The summed E-state index contributed by atoms with van der Waals surface area (Å²) in [5, 5.41) is 2.38. The molecular formula is C18H20N2O4S. The largest absolute Gasteiger partial charge is 0.497 e. The minimum atomic E-state index is -0.462. The molecule has 0 bridgehead atoms. The van der Waals surface area contributed by atoms with E-state index in [0.29, 0.717) is 17.4 Å². The summed E-state index contributed by atoms with van der Waals surface area (Å²) in [6.07, 6.45) is 3.02. The Hall–Kier alpha value is -2.67. The monoisotopic (exact) mass is 360 g/mol. The van der Waals surface area contributed by atoms with Crippen molar-refractivity contribution in [3.63, 3.8) is 0 Å². The third-order valence-electron chi connectivity index (χ3n) is 3.33. The second-order valence-electron chi connectivity index (χ2n) is 5.10. The van der Waals surface area contributed by atoms with Gasteiger partial charge in [0.2, 0.25) is 5.91 Å². The maximum Gasteiger partial charge on any atom is 0.331 e. The third-order valence-corrected chi connectivity index (χ3v) is 4.25. The smallest absolute Gasteiger partial charge is 0.331 e. The number of hydrogen-bond acceptors (Lipinski definition) is 6. The minimum Gasteiger partial charge on any atom is -0.497 e. The number of esters is 1. The standard InChI is InChI=1S/C18H20N2O4S/c1-4-20(13(2)21)18-19-15(12-25-18)11-24-17(22)9-8-14-6-5-7-16(10-14)23-3/h5-10,12H,4,11H2,1-3H3/b9-8+. The van der Waals surface area contributed by atoms with Crippen molar-refractivity contribution in [1.29, 1.82) is 0 Å². The number of amides is 1. The quantitative estimate of drug-likeness (QED) is 0.560. The van der Waals surface area contributed by atoms with E-state index in [1.54, 1.807) is 23.5 Å². The van der Waals surface area contributed by atoms with Crippen LogP contribution in [0.2, 0.25) is 0 Å². The summed E-state index contributed by atoms with van der Waals surface area (Å²) in [5.74, 6) is 0.189. The highest BCUT2D eigenvalue weighted by atomic mass is 32.1. The first-order chi connectivity index (χ1) is 12.0. The predicted octanol–water partition coefficient (Wildman–Crippen LogP) is 3.28. The predicted molar refractivity (Wildman–Crippen MR) is 97.6 cm³/mol. The van der Waals surface area contributed by atoms with Gasteiger partial charge in [-0.25, -0.2) is 9.78 Å². The molecule has 6 nitrogen and oxygen atoms in total. The van der Waals surface area contributed by atoms with Crippen LogP contribution in [-0.2, 0) is 20.9 Å². The van der Waals surface area contributed by atoms with E-state index in [9.17, 15) is 9.59 Å². The number of carbonyl (C=O) groups is 2. The minimum absolute atomic E-state index is 0.0627. The molecule has 0 unspecified atom stereocenters. The van der Waals surface area contributed by atoms with Crippen LogP contribution in [-0.4, -0.2) is 30.5 Å². The zero-order chi connectivity index (χ0) is 18.2. The molecule has 0 fully saturated rings. The summed E-state index contributed by atoms with van der Waals surface area (Å²) < 4.78 is 10.3. The van der Waals surface area contributed by atoms with E-state index in [2.05, 4.69) is 4.98 Å². The number of benzene rings is 1. The lowest BCUT2D eigenvalue weighted by molar-refractivity contribution is -0.139. The van der Waals surface area contributed by atoms with E-state index in [1.807, 2.05) is 31.2 Å². The van der Waals surface area contributed by atoms with Gasteiger partial charge >= 0.3 is 5.97 Å². The van der Waals surface area contributed by atoms with E-state index < -0.39 is 5.97 Å². The molecule has 0 atom stereocenters. The number of thiazole rings is 1. The molecule has 0 saturated heterocycles. The van der Waals surface area contributed by atoms with Gasteiger partial charge in [0.05, 0.1) is 12.8 Å². The van der Waals surface area contributed by atoms with Crippen LogP contribution in [0.25, 0.3) is 6.08 Å². The number of hydrogen-bond donors (Lipinski definition) is 0. The highest BCUT2D eigenvalue weighted by molar-refractivity contribution is 7.14. The Kier molecular flexibility index (Phi) is 6.71. The van der Waals surface area contributed by atoms with Gasteiger partial charge in [-0.15, -0.1) is 11.3 Å². The zero-order valence-electron chi connectivity index (χ0n) is 14.4. The van der Waals surface area contributed by atoms with Crippen LogP contribution in [0.15, 0.2) is 35.7 Å². The van der Waals surface area contributed by atoms with Crippen molar-refractivity contribution in [3.05, 3.63) is 47.0 Å². The number of anilines is 1. The molecule has 0 N–H and O–H groups in total. The Balaban J connectivity index is 1.90. The second kappa shape index (κ2) is 8.98. The van der Waals surface area contributed by atoms with E-state index in [4.69, 9.17) is 9.47 Å². The molecular weight excluding hydrogens is 340 g/mol. The Morgan fingerprint density at radius 3 is 2.84 bits per heavy atom. The number of rotatable bonds is 7. The molecule has 0 spiro atoms. The van der Waals surface area contributed by atoms with Crippen molar-refractivity contribution in [3.8, 4) is 5.75 Å². The van der Waals surface area contributed by atoms with Crippen LogP contribution in [0.3, 0.4) is 0 Å². The van der Waals surface area contributed by atoms with Crippen molar-refractivity contribution in [2.45, 2.75) is 20.5 Å². The highest BCUT2D eigenvalue weighted by Crippen LogP contribution is 2.21. The fraction of sp³-hybridized carbons (Fsp3) is 0.278. The molecule has 0 aliphatic heterocycles. The van der Waals surface area contributed by atoms with E-state index in [0.717, 1.165) is 11.3 Å². The fourth-order valence-electron chi connectivity index (χ4n) is 2.08. The first-order valence-corrected chi connectivity index (χ1v) is 8.62. The van der Waals surface area contributed by atoms with Gasteiger partial charge in [0, 0.05) is 24.9 Å². The normalized spacial score (nSPS) is 10.7. The maximum absolute atomic E-state index is 11.8. The van der Waals surface area contributed by atoms with E-state index >= 15 is 0 Å². The Labute approximate surface area is 150 Å². The van der Waals surface area contributed by atoms with Crippen LogP contribution in [0.5, 0.6) is 5.75 Å². The highest BCUT2D eigenvalue weighted by Gasteiger charge is 2.13. The molecule has 0 aliphatic rings. The number of methoxy groups -OCH3 is 1. The third kappa shape index (κ3) is 5.42. The zero-order valence-corrected chi connectivity index (χ0v) is 15.2. The number of aromatic nitrogens is 1. The summed E-state index contributed by atoms with van der Waals surface area (Å²) in [4.78, 5) is 29.2. The molecule has 0 saturated carbocycles. The van der Waals surface area contributed by atoms with Crippen molar-refractivity contribution in [2.75, 3.05) is 18.6 Å². The lowest BCUT2D eigenvalue weighted by atomic mass is 10.2.